The maximum absolute atomic E-state index is 4.63. The van der Waals surface area contributed by atoms with Crippen molar-refractivity contribution in [3.05, 3.63) is 16.1 Å². The quantitative estimate of drug-likeness (QED) is 0.899. The SMILES string of the molecule is CCCC1CNC(C(C)C)CN1Cc1nc(C)cs1. The van der Waals surface area contributed by atoms with Crippen LogP contribution in [0, 0.1) is 12.8 Å². The topological polar surface area (TPSA) is 28.2 Å². The largest absolute Gasteiger partial charge is 0.311 e. The molecule has 1 fully saturated rings. The third-order valence-corrected chi connectivity index (χ3v) is 4.95. The fourth-order valence-corrected chi connectivity index (χ4v) is 3.59. The van der Waals surface area contributed by atoms with Gasteiger partial charge in [0, 0.05) is 36.2 Å². The number of hydrogen-bond acceptors (Lipinski definition) is 4. The molecular formula is C15H27N3S. The van der Waals surface area contributed by atoms with Crippen LogP contribution < -0.4 is 5.32 Å². The summed E-state index contributed by atoms with van der Waals surface area (Å²) in [7, 11) is 0. The highest BCUT2D eigenvalue weighted by molar-refractivity contribution is 7.09. The van der Waals surface area contributed by atoms with Gasteiger partial charge in [0.05, 0.1) is 6.54 Å². The molecular weight excluding hydrogens is 254 g/mol. The normalized spacial score (nSPS) is 25.1. The van der Waals surface area contributed by atoms with Crippen LogP contribution in [0.2, 0.25) is 0 Å². The molecule has 0 saturated carbocycles. The van der Waals surface area contributed by atoms with Crippen LogP contribution in [0.4, 0.5) is 0 Å². The van der Waals surface area contributed by atoms with Gasteiger partial charge < -0.3 is 5.32 Å². The molecule has 2 unspecified atom stereocenters. The number of nitrogens with one attached hydrogen (secondary N) is 1. The van der Waals surface area contributed by atoms with Gasteiger partial charge in [-0.25, -0.2) is 4.98 Å². The number of piperazine rings is 1. The van der Waals surface area contributed by atoms with E-state index in [4.69, 9.17) is 0 Å². The van der Waals surface area contributed by atoms with Crippen molar-refractivity contribution in [1.29, 1.82) is 0 Å². The molecule has 0 aliphatic carbocycles. The zero-order valence-electron chi connectivity index (χ0n) is 12.6. The van der Waals surface area contributed by atoms with E-state index in [9.17, 15) is 0 Å². The Kier molecular flexibility index (Phi) is 5.37. The van der Waals surface area contributed by atoms with Gasteiger partial charge in [-0.05, 0) is 19.3 Å². The number of aromatic nitrogens is 1. The number of thiazole rings is 1. The summed E-state index contributed by atoms with van der Waals surface area (Å²) in [5.41, 5.74) is 1.16. The predicted molar refractivity (Wildman–Crippen MR) is 82.6 cm³/mol. The Bertz CT molecular complexity index is 388. The molecule has 3 nitrogen and oxygen atoms in total. The second kappa shape index (κ2) is 6.82. The summed E-state index contributed by atoms with van der Waals surface area (Å²) < 4.78 is 0. The lowest BCUT2D eigenvalue weighted by Crippen LogP contribution is -2.57. The first-order valence-electron chi connectivity index (χ1n) is 7.48. The molecule has 1 aromatic rings. The van der Waals surface area contributed by atoms with E-state index in [0.29, 0.717) is 18.0 Å². The molecule has 1 aliphatic rings. The van der Waals surface area contributed by atoms with Gasteiger partial charge in [-0.15, -0.1) is 11.3 Å². The molecule has 4 heteroatoms. The summed E-state index contributed by atoms with van der Waals surface area (Å²) in [5.74, 6) is 0.697. The van der Waals surface area contributed by atoms with Gasteiger partial charge in [0.2, 0.25) is 0 Å². The van der Waals surface area contributed by atoms with E-state index in [-0.39, 0.29) is 0 Å². The fourth-order valence-electron chi connectivity index (χ4n) is 2.79. The lowest BCUT2D eigenvalue weighted by Gasteiger charge is -2.41. The van der Waals surface area contributed by atoms with E-state index >= 15 is 0 Å². The zero-order chi connectivity index (χ0) is 13.8. The van der Waals surface area contributed by atoms with Crippen LogP contribution in [0.1, 0.15) is 44.3 Å². The molecule has 1 saturated heterocycles. The smallest absolute Gasteiger partial charge is 0.107 e. The summed E-state index contributed by atoms with van der Waals surface area (Å²) >= 11 is 1.80. The molecule has 0 amide bonds. The monoisotopic (exact) mass is 281 g/mol. The van der Waals surface area contributed by atoms with Crippen molar-refractivity contribution < 1.29 is 0 Å². The van der Waals surface area contributed by atoms with E-state index in [1.807, 2.05) is 0 Å². The number of aryl methyl sites for hydroxylation is 1. The minimum absolute atomic E-state index is 0.620. The van der Waals surface area contributed by atoms with Crippen molar-refractivity contribution in [2.24, 2.45) is 5.92 Å². The average Bonchev–Trinajstić information content (AvgIpc) is 2.77. The molecule has 2 rings (SSSR count). The van der Waals surface area contributed by atoms with Gasteiger partial charge in [0.25, 0.3) is 0 Å². The van der Waals surface area contributed by atoms with Crippen molar-refractivity contribution in [2.75, 3.05) is 13.1 Å². The van der Waals surface area contributed by atoms with Crippen molar-refractivity contribution in [3.63, 3.8) is 0 Å². The Labute approximate surface area is 121 Å². The third kappa shape index (κ3) is 4.01. The maximum Gasteiger partial charge on any atom is 0.107 e. The van der Waals surface area contributed by atoms with Crippen molar-refractivity contribution in [3.8, 4) is 0 Å². The molecule has 19 heavy (non-hydrogen) atoms. The first-order chi connectivity index (χ1) is 9.10. The van der Waals surface area contributed by atoms with Gasteiger partial charge in [0.1, 0.15) is 5.01 Å². The van der Waals surface area contributed by atoms with Crippen LogP contribution in [0.25, 0.3) is 0 Å². The average molecular weight is 281 g/mol. The number of nitrogens with zero attached hydrogens (tertiary/aromatic N) is 2. The van der Waals surface area contributed by atoms with E-state index < -0.39 is 0 Å². The summed E-state index contributed by atoms with van der Waals surface area (Å²) in [6.07, 6.45) is 2.54. The van der Waals surface area contributed by atoms with Gasteiger partial charge in [-0.1, -0.05) is 27.2 Å². The molecule has 0 radical (unpaired) electrons. The molecule has 0 aromatic carbocycles. The highest BCUT2D eigenvalue weighted by atomic mass is 32.1. The Morgan fingerprint density at radius 2 is 2.32 bits per heavy atom. The standard InChI is InChI=1S/C15H27N3S/c1-5-6-13-7-16-14(11(2)3)8-18(13)9-15-17-12(4)10-19-15/h10-11,13-14,16H,5-9H2,1-4H3. The molecule has 108 valence electrons. The highest BCUT2D eigenvalue weighted by Crippen LogP contribution is 2.20. The molecule has 1 aromatic heterocycles. The van der Waals surface area contributed by atoms with Gasteiger partial charge in [-0.3, -0.25) is 4.90 Å². The number of hydrogen-bond donors (Lipinski definition) is 1. The minimum atomic E-state index is 0.620. The minimum Gasteiger partial charge on any atom is -0.311 e. The zero-order valence-corrected chi connectivity index (χ0v) is 13.5. The van der Waals surface area contributed by atoms with Gasteiger partial charge in [0.15, 0.2) is 0 Å². The first-order valence-corrected chi connectivity index (χ1v) is 8.36. The summed E-state index contributed by atoms with van der Waals surface area (Å²) in [4.78, 5) is 7.27. The Hall–Kier alpha value is -0.450. The van der Waals surface area contributed by atoms with Crippen LogP contribution >= 0.6 is 11.3 Å². The van der Waals surface area contributed by atoms with Crippen LogP contribution in [-0.2, 0) is 6.54 Å². The maximum atomic E-state index is 4.63. The lowest BCUT2D eigenvalue weighted by molar-refractivity contribution is 0.0996. The molecule has 2 atom stereocenters. The van der Waals surface area contributed by atoms with Crippen molar-refractivity contribution in [1.82, 2.24) is 15.2 Å². The van der Waals surface area contributed by atoms with E-state index in [0.717, 1.165) is 25.3 Å². The van der Waals surface area contributed by atoms with Crippen LogP contribution in [0.15, 0.2) is 5.38 Å². The Morgan fingerprint density at radius 3 is 2.89 bits per heavy atom. The summed E-state index contributed by atoms with van der Waals surface area (Å²) in [6.45, 7) is 12.3. The van der Waals surface area contributed by atoms with Crippen molar-refractivity contribution in [2.45, 2.75) is 59.2 Å². The Balaban J connectivity index is 2.02. The van der Waals surface area contributed by atoms with Crippen LogP contribution in [-0.4, -0.2) is 35.1 Å². The van der Waals surface area contributed by atoms with E-state index in [1.165, 1.54) is 17.8 Å². The molecule has 0 bridgehead atoms. The molecule has 1 aliphatic heterocycles. The summed E-state index contributed by atoms with van der Waals surface area (Å²) in [6, 6.07) is 1.29. The van der Waals surface area contributed by atoms with E-state index in [2.05, 4.69) is 48.3 Å². The molecule has 2 heterocycles. The fraction of sp³-hybridized carbons (Fsp3) is 0.800. The second-order valence-corrected chi connectivity index (χ2v) is 6.96. The number of rotatable bonds is 5. The van der Waals surface area contributed by atoms with Crippen molar-refractivity contribution >= 4 is 11.3 Å². The second-order valence-electron chi connectivity index (χ2n) is 6.01. The van der Waals surface area contributed by atoms with Gasteiger partial charge >= 0.3 is 0 Å². The lowest BCUT2D eigenvalue weighted by atomic mass is 9.97. The third-order valence-electron chi connectivity index (χ3n) is 3.99. The first kappa shape index (κ1) is 14.9. The summed E-state index contributed by atoms with van der Waals surface area (Å²) in [5, 5.41) is 7.14. The van der Waals surface area contributed by atoms with Gasteiger partial charge in [-0.2, -0.15) is 0 Å². The van der Waals surface area contributed by atoms with Crippen LogP contribution in [0.5, 0.6) is 0 Å². The molecule has 0 spiro atoms. The predicted octanol–water partition coefficient (Wildman–Crippen LogP) is 3.05. The molecule has 1 N–H and O–H groups in total. The van der Waals surface area contributed by atoms with Crippen LogP contribution in [0.3, 0.4) is 0 Å². The Morgan fingerprint density at radius 1 is 1.53 bits per heavy atom. The highest BCUT2D eigenvalue weighted by Gasteiger charge is 2.29. The van der Waals surface area contributed by atoms with E-state index in [1.54, 1.807) is 11.3 Å².